The first-order chi connectivity index (χ1) is 9.85. The summed E-state index contributed by atoms with van der Waals surface area (Å²) in [6.45, 7) is 7.45. The third-order valence-electron chi connectivity index (χ3n) is 4.26. The third-order valence-corrected chi connectivity index (χ3v) is 5.91. The van der Waals surface area contributed by atoms with Gasteiger partial charge in [-0.1, -0.05) is 34.1 Å². The second-order valence-electron chi connectivity index (χ2n) is 5.74. The second-order valence-corrected chi connectivity index (χ2v) is 7.87. The summed E-state index contributed by atoms with van der Waals surface area (Å²) in [5.41, 5.74) is 1.55. The molecule has 1 aromatic carbocycles. The standard InChI is InChI=1S/C16H23BrN2S/c17-6-9-18-7-3-8-19(11-10-18)13-15-12-14-4-1-2-5-16(14)20-15/h1-2,4-5,15H,3,6-13H2. The monoisotopic (exact) mass is 354 g/mol. The summed E-state index contributed by atoms with van der Waals surface area (Å²) < 4.78 is 0. The van der Waals surface area contributed by atoms with Crippen molar-refractivity contribution < 1.29 is 0 Å². The van der Waals surface area contributed by atoms with Crippen LogP contribution in [0.25, 0.3) is 0 Å². The Morgan fingerprint density at radius 3 is 2.75 bits per heavy atom. The smallest absolute Gasteiger partial charge is 0.0263 e. The molecule has 2 aliphatic rings. The van der Waals surface area contributed by atoms with E-state index in [1.54, 1.807) is 5.56 Å². The van der Waals surface area contributed by atoms with Gasteiger partial charge in [-0.05, 0) is 37.6 Å². The summed E-state index contributed by atoms with van der Waals surface area (Å²) in [4.78, 5) is 6.77. The van der Waals surface area contributed by atoms with Gasteiger partial charge >= 0.3 is 0 Å². The van der Waals surface area contributed by atoms with E-state index < -0.39 is 0 Å². The predicted octanol–water partition coefficient (Wildman–Crippen LogP) is 3.11. The van der Waals surface area contributed by atoms with Gasteiger partial charge in [0.25, 0.3) is 0 Å². The van der Waals surface area contributed by atoms with Crippen LogP contribution in [0, 0.1) is 0 Å². The molecule has 0 aromatic heterocycles. The van der Waals surface area contributed by atoms with Crippen molar-refractivity contribution in [3.63, 3.8) is 0 Å². The van der Waals surface area contributed by atoms with E-state index in [0.29, 0.717) is 0 Å². The summed E-state index contributed by atoms with van der Waals surface area (Å²) in [6, 6.07) is 8.91. The molecule has 4 heteroatoms. The van der Waals surface area contributed by atoms with E-state index in [2.05, 4.69) is 61.8 Å². The van der Waals surface area contributed by atoms with Gasteiger partial charge in [-0.3, -0.25) is 0 Å². The van der Waals surface area contributed by atoms with Crippen LogP contribution in [-0.2, 0) is 6.42 Å². The van der Waals surface area contributed by atoms with Crippen LogP contribution < -0.4 is 0 Å². The Kier molecular flexibility index (Phi) is 5.43. The number of thioether (sulfide) groups is 1. The van der Waals surface area contributed by atoms with Crippen molar-refractivity contribution in [2.24, 2.45) is 0 Å². The summed E-state index contributed by atoms with van der Waals surface area (Å²) in [5.74, 6) is 0. The first kappa shape index (κ1) is 14.9. The second kappa shape index (κ2) is 7.30. The molecule has 1 atom stereocenters. The molecular weight excluding hydrogens is 332 g/mol. The van der Waals surface area contributed by atoms with Crippen LogP contribution in [0.1, 0.15) is 12.0 Å². The van der Waals surface area contributed by atoms with Gasteiger partial charge in [0.05, 0.1) is 0 Å². The van der Waals surface area contributed by atoms with Gasteiger partial charge in [0.2, 0.25) is 0 Å². The number of alkyl halides is 1. The molecule has 1 aromatic rings. The Labute approximate surface area is 135 Å². The van der Waals surface area contributed by atoms with Crippen LogP contribution in [0.2, 0.25) is 0 Å². The number of halogens is 1. The van der Waals surface area contributed by atoms with Gasteiger partial charge in [-0.25, -0.2) is 0 Å². The lowest BCUT2D eigenvalue weighted by Gasteiger charge is -2.23. The molecular formula is C16H23BrN2S. The van der Waals surface area contributed by atoms with Crippen LogP contribution in [0.5, 0.6) is 0 Å². The first-order valence-electron chi connectivity index (χ1n) is 7.60. The number of fused-ring (bicyclic) bond motifs is 1. The minimum Gasteiger partial charge on any atom is -0.301 e. The predicted molar refractivity (Wildman–Crippen MR) is 91.1 cm³/mol. The van der Waals surface area contributed by atoms with Gasteiger partial charge in [-0.15, -0.1) is 11.8 Å². The Morgan fingerprint density at radius 1 is 1.10 bits per heavy atom. The molecule has 0 bridgehead atoms. The van der Waals surface area contributed by atoms with Crippen LogP contribution >= 0.6 is 27.7 Å². The molecule has 0 aliphatic carbocycles. The number of rotatable bonds is 4. The van der Waals surface area contributed by atoms with E-state index in [-0.39, 0.29) is 0 Å². The topological polar surface area (TPSA) is 6.48 Å². The van der Waals surface area contributed by atoms with Gasteiger partial charge in [0, 0.05) is 41.7 Å². The highest BCUT2D eigenvalue weighted by Crippen LogP contribution is 2.37. The van der Waals surface area contributed by atoms with Crippen LogP contribution in [0.15, 0.2) is 29.2 Å². The molecule has 0 saturated carbocycles. The Bertz CT molecular complexity index is 415. The quantitative estimate of drug-likeness (QED) is 0.767. The molecule has 3 rings (SSSR count). The van der Waals surface area contributed by atoms with Crippen LogP contribution in [-0.4, -0.2) is 59.6 Å². The molecule has 1 fully saturated rings. The Morgan fingerprint density at radius 2 is 1.90 bits per heavy atom. The number of nitrogens with zero attached hydrogens (tertiary/aromatic N) is 2. The number of hydrogen-bond donors (Lipinski definition) is 0. The lowest BCUT2D eigenvalue weighted by molar-refractivity contribution is 0.265. The molecule has 110 valence electrons. The van der Waals surface area contributed by atoms with Crippen LogP contribution in [0.4, 0.5) is 0 Å². The van der Waals surface area contributed by atoms with Crippen molar-refractivity contribution in [3.05, 3.63) is 29.8 Å². The summed E-state index contributed by atoms with van der Waals surface area (Å²) >= 11 is 5.64. The van der Waals surface area contributed by atoms with E-state index in [1.807, 2.05) is 0 Å². The van der Waals surface area contributed by atoms with Gasteiger partial charge in [0.15, 0.2) is 0 Å². The average Bonchev–Trinajstić information content (AvgIpc) is 2.73. The van der Waals surface area contributed by atoms with E-state index >= 15 is 0 Å². The van der Waals surface area contributed by atoms with Gasteiger partial charge in [0.1, 0.15) is 0 Å². The number of hydrogen-bond acceptors (Lipinski definition) is 3. The highest BCUT2D eigenvalue weighted by molar-refractivity contribution is 9.09. The molecule has 2 heterocycles. The highest BCUT2D eigenvalue weighted by atomic mass is 79.9. The molecule has 1 saturated heterocycles. The summed E-state index contributed by atoms with van der Waals surface area (Å²) in [7, 11) is 0. The van der Waals surface area contributed by atoms with E-state index in [4.69, 9.17) is 0 Å². The maximum Gasteiger partial charge on any atom is 0.0263 e. The molecule has 2 nitrogen and oxygen atoms in total. The minimum atomic E-state index is 0.759. The summed E-state index contributed by atoms with van der Waals surface area (Å²) in [6.07, 6.45) is 2.57. The molecule has 2 aliphatic heterocycles. The fraction of sp³-hybridized carbons (Fsp3) is 0.625. The molecule has 0 amide bonds. The van der Waals surface area contributed by atoms with Crippen molar-refractivity contribution in [1.82, 2.24) is 9.80 Å². The molecule has 1 unspecified atom stereocenters. The van der Waals surface area contributed by atoms with Crippen molar-refractivity contribution in [2.45, 2.75) is 23.0 Å². The average molecular weight is 355 g/mol. The normalized spacial score (nSPS) is 24.6. The van der Waals surface area contributed by atoms with E-state index in [1.165, 1.54) is 57.0 Å². The number of benzene rings is 1. The van der Waals surface area contributed by atoms with Crippen molar-refractivity contribution in [3.8, 4) is 0 Å². The zero-order valence-corrected chi connectivity index (χ0v) is 14.3. The fourth-order valence-electron chi connectivity index (χ4n) is 3.19. The highest BCUT2D eigenvalue weighted by Gasteiger charge is 2.24. The third kappa shape index (κ3) is 3.79. The Hall–Kier alpha value is -0.0300. The molecule has 0 spiro atoms. The molecule has 0 N–H and O–H groups in total. The minimum absolute atomic E-state index is 0.759. The van der Waals surface area contributed by atoms with Crippen molar-refractivity contribution in [2.75, 3.05) is 44.6 Å². The Balaban J connectivity index is 1.50. The fourth-order valence-corrected chi connectivity index (χ4v) is 5.06. The van der Waals surface area contributed by atoms with Gasteiger partial charge < -0.3 is 9.80 Å². The molecule has 20 heavy (non-hydrogen) atoms. The maximum absolute atomic E-state index is 3.55. The SMILES string of the molecule is BrCCN1CCCN(CC2Cc3ccccc3S2)CC1. The lowest BCUT2D eigenvalue weighted by Crippen LogP contribution is -2.35. The zero-order valence-electron chi connectivity index (χ0n) is 11.9. The van der Waals surface area contributed by atoms with Crippen molar-refractivity contribution in [1.29, 1.82) is 0 Å². The maximum atomic E-state index is 3.55. The molecule has 0 radical (unpaired) electrons. The van der Waals surface area contributed by atoms with E-state index in [0.717, 1.165) is 10.6 Å². The van der Waals surface area contributed by atoms with Crippen LogP contribution in [0.3, 0.4) is 0 Å². The lowest BCUT2D eigenvalue weighted by atomic mass is 10.1. The first-order valence-corrected chi connectivity index (χ1v) is 9.60. The van der Waals surface area contributed by atoms with Gasteiger partial charge in [-0.2, -0.15) is 0 Å². The van der Waals surface area contributed by atoms with E-state index in [9.17, 15) is 0 Å². The zero-order chi connectivity index (χ0) is 13.8. The largest absolute Gasteiger partial charge is 0.301 e. The summed E-state index contributed by atoms with van der Waals surface area (Å²) in [5, 5.41) is 1.86. The van der Waals surface area contributed by atoms with Crippen molar-refractivity contribution >= 4 is 27.7 Å².